The third kappa shape index (κ3) is 7.35. The number of hydrogen-bond acceptors (Lipinski definition) is 12. The largest absolute Gasteiger partial charge is 0.446 e. The van der Waals surface area contributed by atoms with Gasteiger partial charge in [-0.3, -0.25) is 14.5 Å². The zero-order chi connectivity index (χ0) is 34.5. The van der Waals surface area contributed by atoms with Crippen molar-refractivity contribution in [3.8, 4) is 0 Å². The van der Waals surface area contributed by atoms with Gasteiger partial charge in [0.25, 0.3) is 17.8 Å². The minimum Gasteiger partial charge on any atom is -0.446 e. The number of rotatable bonds is 14. The number of aromatic nitrogens is 2. The second-order valence-corrected chi connectivity index (χ2v) is 12.0. The highest BCUT2D eigenvalue weighted by molar-refractivity contribution is 6.12. The number of ether oxygens (including phenoxy) is 5. The van der Waals surface area contributed by atoms with Gasteiger partial charge >= 0.3 is 6.09 Å². The number of carbonyl (C=O) groups is 3. The van der Waals surface area contributed by atoms with Gasteiger partial charge in [-0.05, 0) is 36.4 Å². The van der Waals surface area contributed by atoms with Crippen LogP contribution in [-0.4, -0.2) is 118 Å². The summed E-state index contributed by atoms with van der Waals surface area (Å²) in [4.78, 5) is 46.5. The van der Waals surface area contributed by atoms with Gasteiger partial charge in [0.1, 0.15) is 17.9 Å². The number of carbonyl (C=O) groups excluding carboxylic acids is 3. The second kappa shape index (κ2) is 15.4. The van der Waals surface area contributed by atoms with E-state index in [-0.39, 0.29) is 44.8 Å². The van der Waals surface area contributed by atoms with E-state index in [1.54, 1.807) is 6.07 Å². The standard InChI is InChI=1S/C35H38FN5O9/c36-24-1-3-26-27-23-39(25-2-4-31-28(22-25)37-34(50-31)38-9-12-45-13-10-38)8-7-29(27)41(30(26)21-24)35(44)49-20-19-48-18-17-47-16-15-46-14-11-40-32(42)5-6-33(40)43/h1-6,21-22H,7-20,23H2. The fourth-order valence-electron chi connectivity index (χ4n) is 6.35. The molecule has 0 N–H and O–H groups in total. The summed E-state index contributed by atoms with van der Waals surface area (Å²) in [6, 6.07) is 11.0. The molecule has 14 nitrogen and oxygen atoms in total. The molecule has 0 unspecified atom stereocenters. The molecule has 2 aromatic carbocycles. The van der Waals surface area contributed by atoms with Gasteiger partial charge in [-0.25, -0.2) is 13.8 Å². The number of morpholine rings is 1. The first-order valence-corrected chi connectivity index (χ1v) is 16.7. The lowest BCUT2D eigenvalue weighted by molar-refractivity contribution is -0.137. The lowest BCUT2D eigenvalue weighted by Gasteiger charge is -2.30. The third-order valence-electron chi connectivity index (χ3n) is 8.86. The van der Waals surface area contributed by atoms with Crippen molar-refractivity contribution in [3.63, 3.8) is 0 Å². The first-order chi connectivity index (χ1) is 24.5. The Labute approximate surface area is 286 Å². The highest BCUT2D eigenvalue weighted by atomic mass is 19.1. The van der Waals surface area contributed by atoms with E-state index in [1.165, 1.54) is 28.9 Å². The maximum Gasteiger partial charge on any atom is 0.418 e. The Morgan fingerprint density at radius 2 is 1.56 bits per heavy atom. The van der Waals surface area contributed by atoms with E-state index >= 15 is 0 Å². The van der Waals surface area contributed by atoms with Crippen LogP contribution in [0.4, 0.5) is 20.9 Å². The quantitative estimate of drug-likeness (QED) is 0.142. The monoisotopic (exact) mass is 691 g/mol. The summed E-state index contributed by atoms with van der Waals surface area (Å²) in [7, 11) is 0. The summed E-state index contributed by atoms with van der Waals surface area (Å²) in [5.41, 5.74) is 4.68. The van der Waals surface area contributed by atoms with Crippen LogP contribution in [0.5, 0.6) is 0 Å². The van der Waals surface area contributed by atoms with Crippen molar-refractivity contribution >= 4 is 51.6 Å². The normalized spacial score (nSPS) is 16.3. The predicted molar refractivity (Wildman–Crippen MR) is 179 cm³/mol. The van der Waals surface area contributed by atoms with Crippen molar-refractivity contribution in [1.29, 1.82) is 0 Å². The van der Waals surface area contributed by atoms with E-state index in [1.807, 2.05) is 18.2 Å². The fourth-order valence-corrected chi connectivity index (χ4v) is 6.35. The van der Waals surface area contributed by atoms with Crippen molar-refractivity contribution in [3.05, 3.63) is 65.6 Å². The molecular formula is C35H38FN5O9. The summed E-state index contributed by atoms with van der Waals surface area (Å²) >= 11 is 0. The minimum absolute atomic E-state index is 0.0186. The summed E-state index contributed by atoms with van der Waals surface area (Å²) in [6.45, 7) is 5.76. The van der Waals surface area contributed by atoms with E-state index in [0.29, 0.717) is 69.7 Å². The molecule has 5 heterocycles. The lowest BCUT2D eigenvalue weighted by Crippen LogP contribution is -2.36. The van der Waals surface area contributed by atoms with E-state index in [4.69, 9.17) is 33.1 Å². The fraction of sp³-hybridized carbons (Fsp3) is 0.429. The molecule has 0 spiro atoms. The summed E-state index contributed by atoms with van der Waals surface area (Å²) < 4.78 is 49.3. The van der Waals surface area contributed by atoms with Crippen molar-refractivity contribution < 1.29 is 46.9 Å². The van der Waals surface area contributed by atoms with Gasteiger partial charge in [-0.1, -0.05) is 0 Å². The average Bonchev–Trinajstić information content (AvgIpc) is 3.80. The molecule has 0 bridgehead atoms. The molecule has 50 heavy (non-hydrogen) atoms. The SMILES string of the molecule is O=C1C=CC(=O)N1CCOCCOCCOCCOC(=O)n1c2c(c3ccc(F)cc31)CN(c1ccc3oc(N4CCOCC4)nc3c1)CC2. The van der Waals surface area contributed by atoms with Gasteiger partial charge in [0.2, 0.25) is 0 Å². The second-order valence-electron chi connectivity index (χ2n) is 12.0. The molecule has 3 aliphatic heterocycles. The van der Waals surface area contributed by atoms with Crippen LogP contribution in [0.2, 0.25) is 0 Å². The van der Waals surface area contributed by atoms with Crippen molar-refractivity contribution in [1.82, 2.24) is 14.5 Å². The number of nitrogens with zero attached hydrogens (tertiary/aromatic N) is 5. The number of hydrogen-bond donors (Lipinski definition) is 0. The lowest BCUT2D eigenvalue weighted by atomic mass is 10.0. The Hall–Kier alpha value is -4.83. The highest BCUT2D eigenvalue weighted by Gasteiger charge is 2.28. The van der Waals surface area contributed by atoms with Crippen molar-refractivity contribution in [2.45, 2.75) is 13.0 Å². The molecule has 1 fully saturated rings. The zero-order valence-electron chi connectivity index (χ0n) is 27.5. The van der Waals surface area contributed by atoms with E-state index < -0.39 is 11.9 Å². The van der Waals surface area contributed by atoms with Crippen LogP contribution in [0.25, 0.3) is 22.0 Å². The van der Waals surface area contributed by atoms with Gasteiger partial charge in [0, 0.05) is 67.1 Å². The number of benzene rings is 2. The van der Waals surface area contributed by atoms with E-state index in [9.17, 15) is 18.8 Å². The highest BCUT2D eigenvalue weighted by Crippen LogP contribution is 2.35. The Morgan fingerprint density at radius 3 is 2.32 bits per heavy atom. The zero-order valence-corrected chi connectivity index (χ0v) is 27.5. The Kier molecular flexibility index (Phi) is 10.3. The Balaban J connectivity index is 0.890. The van der Waals surface area contributed by atoms with Crippen LogP contribution < -0.4 is 9.80 Å². The molecule has 1 saturated heterocycles. The van der Waals surface area contributed by atoms with Crippen LogP contribution in [0, 0.1) is 5.82 Å². The van der Waals surface area contributed by atoms with Crippen LogP contribution >= 0.6 is 0 Å². The van der Waals surface area contributed by atoms with Gasteiger partial charge in [0.15, 0.2) is 5.58 Å². The molecule has 0 aliphatic carbocycles. The van der Waals surface area contributed by atoms with E-state index in [0.717, 1.165) is 45.8 Å². The predicted octanol–water partition coefficient (Wildman–Crippen LogP) is 3.28. The molecule has 0 saturated carbocycles. The molecule has 0 atom stereocenters. The molecule has 3 aliphatic rings. The number of anilines is 2. The summed E-state index contributed by atoms with van der Waals surface area (Å²) in [5.74, 6) is -1.11. The van der Waals surface area contributed by atoms with Gasteiger partial charge in [-0.2, -0.15) is 4.98 Å². The molecule has 2 aromatic heterocycles. The number of fused-ring (bicyclic) bond motifs is 4. The third-order valence-corrected chi connectivity index (χ3v) is 8.86. The van der Waals surface area contributed by atoms with Crippen LogP contribution in [0.3, 0.4) is 0 Å². The molecular weight excluding hydrogens is 653 g/mol. The first kappa shape index (κ1) is 33.7. The minimum atomic E-state index is -0.583. The Bertz CT molecular complexity index is 1880. The number of imide groups is 1. The molecule has 4 aromatic rings. The van der Waals surface area contributed by atoms with Crippen LogP contribution in [0.15, 0.2) is 53.0 Å². The number of halogens is 1. The smallest absolute Gasteiger partial charge is 0.418 e. The summed E-state index contributed by atoms with van der Waals surface area (Å²) in [5, 5.41) is 0.799. The van der Waals surface area contributed by atoms with Crippen molar-refractivity contribution in [2.75, 3.05) is 95.4 Å². The van der Waals surface area contributed by atoms with Gasteiger partial charge in [-0.15, -0.1) is 0 Å². The van der Waals surface area contributed by atoms with Crippen molar-refractivity contribution in [2.24, 2.45) is 0 Å². The maximum absolute atomic E-state index is 14.4. The van der Waals surface area contributed by atoms with Crippen LogP contribution in [-0.2, 0) is 46.2 Å². The first-order valence-electron chi connectivity index (χ1n) is 16.7. The topological polar surface area (TPSA) is 138 Å². The molecule has 0 radical (unpaired) electrons. The molecule has 2 amide bonds. The molecule has 264 valence electrons. The van der Waals surface area contributed by atoms with E-state index in [2.05, 4.69) is 9.80 Å². The molecule has 7 rings (SSSR count). The van der Waals surface area contributed by atoms with Gasteiger partial charge in [0.05, 0.1) is 64.9 Å². The maximum atomic E-state index is 14.4. The summed E-state index contributed by atoms with van der Waals surface area (Å²) in [6.07, 6.45) is 2.45. The van der Waals surface area contributed by atoms with Gasteiger partial charge < -0.3 is 37.9 Å². The number of oxazole rings is 1. The Morgan fingerprint density at radius 1 is 0.840 bits per heavy atom. The number of amides is 2. The molecule has 15 heteroatoms. The average molecular weight is 692 g/mol. The van der Waals surface area contributed by atoms with Crippen LogP contribution in [0.1, 0.15) is 11.3 Å².